The van der Waals surface area contributed by atoms with Crippen LogP contribution in [-0.2, 0) is 14.8 Å². The van der Waals surface area contributed by atoms with Crippen LogP contribution in [0, 0.1) is 6.92 Å². The summed E-state index contributed by atoms with van der Waals surface area (Å²) in [5.41, 5.74) is 0.528. The third kappa shape index (κ3) is 3.45. The molecular formula is C13H16BrNO5S. The van der Waals surface area contributed by atoms with Crippen LogP contribution < -0.4 is 0 Å². The van der Waals surface area contributed by atoms with Crippen molar-refractivity contribution < 1.29 is 23.1 Å². The standard InChI is InChI=1S/C13H16BrNO5S/c1-9-7-10(13(16)17)8-11(12(9)14)21(18,19)15-3-2-5-20-6-4-15/h7-8H,2-6H2,1H3,(H,16,17). The second kappa shape index (κ2) is 6.43. The van der Waals surface area contributed by atoms with Gasteiger partial charge in [-0.1, -0.05) is 0 Å². The van der Waals surface area contributed by atoms with Crippen molar-refractivity contribution in [2.45, 2.75) is 18.2 Å². The topological polar surface area (TPSA) is 83.9 Å². The van der Waals surface area contributed by atoms with Crippen LogP contribution in [0.2, 0.25) is 0 Å². The maximum atomic E-state index is 12.7. The highest BCUT2D eigenvalue weighted by molar-refractivity contribution is 9.10. The SMILES string of the molecule is Cc1cc(C(=O)O)cc(S(=O)(=O)N2CCCOCC2)c1Br. The maximum Gasteiger partial charge on any atom is 0.335 e. The second-order valence-corrected chi connectivity index (χ2v) is 7.48. The molecule has 1 N–H and O–H groups in total. The van der Waals surface area contributed by atoms with Gasteiger partial charge >= 0.3 is 5.97 Å². The van der Waals surface area contributed by atoms with E-state index in [0.29, 0.717) is 36.2 Å². The van der Waals surface area contributed by atoms with E-state index in [9.17, 15) is 13.2 Å². The van der Waals surface area contributed by atoms with E-state index < -0.39 is 16.0 Å². The summed E-state index contributed by atoms with van der Waals surface area (Å²) in [6.45, 7) is 3.17. The molecule has 1 fully saturated rings. The van der Waals surface area contributed by atoms with Gasteiger partial charge in [-0.15, -0.1) is 0 Å². The number of nitrogens with zero attached hydrogens (tertiary/aromatic N) is 1. The molecule has 0 aliphatic carbocycles. The van der Waals surface area contributed by atoms with E-state index in [1.165, 1.54) is 16.4 Å². The summed E-state index contributed by atoms with van der Waals surface area (Å²) in [5.74, 6) is -1.15. The van der Waals surface area contributed by atoms with Crippen molar-refractivity contribution >= 4 is 31.9 Å². The normalized spacial score (nSPS) is 17.4. The van der Waals surface area contributed by atoms with Crippen LogP contribution in [0.5, 0.6) is 0 Å². The number of benzene rings is 1. The van der Waals surface area contributed by atoms with Gasteiger partial charge in [0.1, 0.15) is 0 Å². The molecule has 1 saturated heterocycles. The van der Waals surface area contributed by atoms with Crippen LogP contribution in [0.1, 0.15) is 22.3 Å². The molecule has 0 aromatic heterocycles. The Balaban J connectivity index is 2.50. The fraction of sp³-hybridized carbons (Fsp3) is 0.462. The van der Waals surface area contributed by atoms with Gasteiger partial charge in [-0.3, -0.25) is 0 Å². The molecule has 0 amide bonds. The molecule has 0 saturated carbocycles. The summed E-state index contributed by atoms with van der Waals surface area (Å²) < 4.78 is 32.5. The van der Waals surface area contributed by atoms with Gasteiger partial charge < -0.3 is 9.84 Å². The molecule has 1 heterocycles. The van der Waals surface area contributed by atoms with Crippen LogP contribution in [0.25, 0.3) is 0 Å². The number of carboxylic acids is 1. The third-order valence-electron chi connectivity index (χ3n) is 3.27. The molecule has 0 radical (unpaired) electrons. The first-order valence-corrected chi connectivity index (χ1v) is 8.68. The zero-order valence-electron chi connectivity index (χ0n) is 11.5. The van der Waals surface area contributed by atoms with Crippen molar-refractivity contribution in [2.75, 3.05) is 26.3 Å². The van der Waals surface area contributed by atoms with Crippen LogP contribution >= 0.6 is 15.9 Å². The van der Waals surface area contributed by atoms with E-state index in [-0.39, 0.29) is 17.0 Å². The van der Waals surface area contributed by atoms with E-state index in [4.69, 9.17) is 9.84 Å². The molecule has 21 heavy (non-hydrogen) atoms. The Morgan fingerprint density at radius 1 is 1.33 bits per heavy atom. The molecule has 0 bridgehead atoms. The first-order chi connectivity index (χ1) is 9.84. The number of carboxylic acid groups (broad SMARTS) is 1. The van der Waals surface area contributed by atoms with Crippen molar-refractivity contribution in [2.24, 2.45) is 0 Å². The monoisotopic (exact) mass is 377 g/mol. The average Bonchev–Trinajstić information content (AvgIpc) is 2.70. The van der Waals surface area contributed by atoms with E-state index in [2.05, 4.69) is 15.9 Å². The zero-order chi connectivity index (χ0) is 15.6. The van der Waals surface area contributed by atoms with Gasteiger partial charge in [0.05, 0.1) is 17.1 Å². The first kappa shape index (κ1) is 16.4. The van der Waals surface area contributed by atoms with Crippen molar-refractivity contribution in [3.63, 3.8) is 0 Å². The minimum absolute atomic E-state index is 0.0122. The van der Waals surface area contributed by atoms with E-state index in [1.54, 1.807) is 6.92 Å². The number of ether oxygens (including phenoxy) is 1. The number of aromatic carboxylic acids is 1. The highest BCUT2D eigenvalue weighted by Crippen LogP contribution is 2.30. The lowest BCUT2D eigenvalue weighted by molar-refractivity contribution is 0.0696. The van der Waals surface area contributed by atoms with Crippen molar-refractivity contribution in [1.82, 2.24) is 4.31 Å². The fourth-order valence-corrected chi connectivity index (χ4v) is 4.62. The summed E-state index contributed by atoms with van der Waals surface area (Å²) in [6, 6.07) is 2.64. The van der Waals surface area contributed by atoms with Gasteiger partial charge in [0.2, 0.25) is 10.0 Å². The minimum Gasteiger partial charge on any atom is -0.478 e. The van der Waals surface area contributed by atoms with Crippen molar-refractivity contribution in [3.8, 4) is 0 Å². The number of aryl methyl sites for hydroxylation is 1. The Morgan fingerprint density at radius 2 is 2.05 bits per heavy atom. The Labute approximate surface area is 131 Å². The molecule has 0 atom stereocenters. The predicted molar refractivity (Wildman–Crippen MR) is 80.0 cm³/mol. The lowest BCUT2D eigenvalue weighted by Crippen LogP contribution is -2.33. The Bertz CT molecular complexity index is 651. The summed E-state index contributed by atoms with van der Waals surface area (Å²) >= 11 is 3.26. The van der Waals surface area contributed by atoms with Crippen LogP contribution in [0.3, 0.4) is 0 Å². The molecule has 1 aromatic carbocycles. The quantitative estimate of drug-likeness (QED) is 0.868. The van der Waals surface area contributed by atoms with Gasteiger partial charge in [-0.05, 0) is 47.0 Å². The number of rotatable bonds is 3. The molecule has 8 heteroatoms. The van der Waals surface area contributed by atoms with Gasteiger partial charge in [-0.2, -0.15) is 4.31 Å². The van der Waals surface area contributed by atoms with Gasteiger partial charge in [0.25, 0.3) is 0 Å². The maximum absolute atomic E-state index is 12.7. The average molecular weight is 378 g/mol. The highest BCUT2D eigenvalue weighted by Gasteiger charge is 2.29. The second-order valence-electron chi connectivity index (χ2n) is 4.78. The molecule has 0 unspecified atom stereocenters. The van der Waals surface area contributed by atoms with Gasteiger partial charge in [0, 0.05) is 24.2 Å². The minimum atomic E-state index is -3.75. The van der Waals surface area contributed by atoms with Gasteiger partial charge in [-0.25, -0.2) is 13.2 Å². The van der Waals surface area contributed by atoms with Crippen molar-refractivity contribution in [3.05, 3.63) is 27.7 Å². The number of hydrogen-bond donors (Lipinski definition) is 1. The molecule has 6 nitrogen and oxygen atoms in total. The summed E-state index contributed by atoms with van der Waals surface area (Å²) in [6.07, 6.45) is 0.619. The third-order valence-corrected chi connectivity index (χ3v) is 6.50. The number of halogens is 1. The largest absolute Gasteiger partial charge is 0.478 e. The molecule has 1 aromatic rings. The Morgan fingerprint density at radius 3 is 2.71 bits per heavy atom. The number of hydrogen-bond acceptors (Lipinski definition) is 4. The molecule has 2 rings (SSSR count). The predicted octanol–water partition coefficient (Wildman–Crippen LogP) is 1.87. The molecule has 1 aliphatic heterocycles. The fourth-order valence-electron chi connectivity index (χ4n) is 2.15. The summed E-state index contributed by atoms with van der Waals surface area (Å²) in [5, 5.41) is 9.10. The van der Waals surface area contributed by atoms with Crippen LogP contribution in [0.4, 0.5) is 0 Å². The van der Waals surface area contributed by atoms with E-state index >= 15 is 0 Å². The van der Waals surface area contributed by atoms with E-state index in [0.717, 1.165) is 0 Å². The lowest BCUT2D eigenvalue weighted by Gasteiger charge is -2.21. The molecular weight excluding hydrogens is 362 g/mol. The Hall–Kier alpha value is -0.960. The van der Waals surface area contributed by atoms with Crippen LogP contribution in [0.15, 0.2) is 21.5 Å². The smallest absolute Gasteiger partial charge is 0.335 e. The van der Waals surface area contributed by atoms with Crippen LogP contribution in [-0.4, -0.2) is 50.1 Å². The molecule has 116 valence electrons. The van der Waals surface area contributed by atoms with E-state index in [1.807, 2.05) is 0 Å². The first-order valence-electron chi connectivity index (χ1n) is 6.45. The summed E-state index contributed by atoms with van der Waals surface area (Å²) in [7, 11) is -3.75. The molecule has 1 aliphatic rings. The zero-order valence-corrected chi connectivity index (χ0v) is 13.9. The Kier molecular flexibility index (Phi) is 5.03. The number of carbonyl (C=O) groups is 1. The lowest BCUT2D eigenvalue weighted by atomic mass is 10.1. The summed E-state index contributed by atoms with van der Waals surface area (Å²) in [4.78, 5) is 11.1. The van der Waals surface area contributed by atoms with Gasteiger partial charge in [0.15, 0.2) is 0 Å². The molecule has 0 spiro atoms. The van der Waals surface area contributed by atoms with Crippen molar-refractivity contribution in [1.29, 1.82) is 0 Å². The number of sulfonamides is 1. The highest BCUT2D eigenvalue weighted by atomic mass is 79.9.